The van der Waals surface area contributed by atoms with Crippen molar-refractivity contribution < 1.29 is 14.3 Å². The summed E-state index contributed by atoms with van der Waals surface area (Å²) in [6.07, 6.45) is 4.72. The Bertz CT molecular complexity index is 881. The van der Waals surface area contributed by atoms with E-state index < -0.39 is 0 Å². The Morgan fingerprint density at radius 2 is 1.79 bits per heavy atom. The molecule has 4 nitrogen and oxygen atoms in total. The van der Waals surface area contributed by atoms with Gasteiger partial charge in [-0.3, -0.25) is 9.59 Å². The third-order valence-corrected chi connectivity index (χ3v) is 5.57. The van der Waals surface area contributed by atoms with E-state index in [1.807, 2.05) is 25.1 Å². The number of methoxy groups -OCH3 is 1. The van der Waals surface area contributed by atoms with E-state index in [4.69, 9.17) is 16.3 Å². The van der Waals surface area contributed by atoms with Gasteiger partial charge in [-0.25, -0.2) is 0 Å². The van der Waals surface area contributed by atoms with Crippen LogP contribution in [-0.2, 0) is 4.79 Å². The fourth-order valence-electron chi connectivity index (χ4n) is 3.34. The molecule has 0 spiro atoms. The minimum absolute atomic E-state index is 0.0351. The summed E-state index contributed by atoms with van der Waals surface area (Å²) in [5.41, 5.74) is 2.60. The number of carbonyl (C=O) groups excluding carboxylic acids is 2. The molecule has 28 heavy (non-hydrogen) atoms. The maximum absolute atomic E-state index is 12.7. The molecular formula is C23H24ClNO3. The second-order valence-electron chi connectivity index (χ2n) is 7.03. The first-order chi connectivity index (χ1) is 13.5. The Labute approximate surface area is 170 Å². The minimum Gasteiger partial charge on any atom is -0.497 e. The lowest BCUT2D eigenvalue weighted by molar-refractivity contribution is -0.127. The molecule has 146 valence electrons. The highest BCUT2D eigenvalue weighted by Gasteiger charge is 2.27. The van der Waals surface area contributed by atoms with Crippen molar-refractivity contribution in [3.63, 3.8) is 0 Å². The van der Waals surface area contributed by atoms with Crippen LogP contribution in [0.1, 0.15) is 34.3 Å². The summed E-state index contributed by atoms with van der Waals surface area (Å²) < 4.78 is 5.13. The first kappa shape index (κ1) is 20.2. The number of hydrogen-bond donors (Lipinski definition) is 0. The Morgan fingerprint density at radius 3 is 2.39 bits per heavy atom. The molecule has 1 aliphatic rings. The van der Waals surface area contributed by atoms with Crippen molar-refractivity contribution in [2.24, 2.45) is 5.92 Å². The molecule has 0 aliphatic carbocycles. The summed E-state index contributed by atoms with van der Waals surface area (Å²) in [7, 11) is 1.60. The zero-order chi connectivity index (χ0) is 20.1. The van der Waals surface area contributed by atoms with E-state index in [0.29, 0.717) is 36.5 Å². The van der Waals surface area contributed by atoms with E-state index in [1.165, 1.54) is 0 Å². The smallest absolute Gasteiger partial charge is 0.246 e. The number of benzene rings is 2. The fourth-order valence-corrected chi connectivity index (χ4v) is 3.53. The molecule has 0 radical (unpaired) electrons. The second-order valence-corrected chi connectivity index (χ2v) is 7.44. The van der Waals surface area contributed by atoms with Crippen LogP contribution in [0.15, 0.2) is 48.5 Å². The predicted octanol–water partition coefficient (Wildman–Crippen LogP) is 4.79. The average molecular weight is 398 g/mol. The highest BCUT2D eigenvalue weighted by atomic mass is 35.5. The van der Waals surface area contributed by atoms with Crippen molar-refractivity contribution >= 4 is 29.4 Å². The van der Waals surface area contributed by atoms with E-state index in [9.17, 15) is 9.59 Å². The normalized spacial score (nSPS) is 15.0. The molecule has 2 aromatic carbocycles. The first-order valence-electron chi connectivity index (χ1n) is 9.39. The van der Waals surface area contributed by atoms with E-state index in [0.717, 1.165) is 16.9 Å². The number of Topliss-reactive ketones (excluding diaryl/α,β-unsaturated/α-hetero) is 1. The number of rotatable bonds is 5. The van der Waals surface area contributed by atoms with Gasteiger partial charge in [0.15, 0.2) is 5.78 Å². The van der Waals surface area contributed by atoms with Crippen molar-refractivity contribution in [1.82, 2.24) is 4.90 Å². The van der Waals surface area contributed by atoms with E-state index in [-0.39, 0.29) is 17.6 Å². The molecule has 1 heterocycles. The number of piperidine rings is 1. The molecule has 0 saturated carbocycles. The Hall–Kier alpha value is -2.59. The molecule has 1 aliphatic heterocycles. The van der Waals surface area contributed by atoms with Crippen LogP contribution >= 0.6 is 11.6 Å². The van der Waals surface area contributed by atoms with Crippen LogP contribution in [0, 0.1) is 12.8 Å². The third kappa shape index (κ3) is 4.82. The minimum atomic E-state index is -0.0441. The monoisotopic (exact) mass is 397 g/mol. The van der Waals surface area contributed by atoms with Crippen LogP contribution in [0.5, 0.6) is 5.75 Å². The average Bonchev–Trinajstić information content (AvgIpc) is 2.74. The van der Waals surface area contributed by atoms with E-state index in [2.05, 4.69) is 0 Å². The lowest BCUT2D eigenvalue weighted by Gasteiger charge is -2.30. The molecule has 0 N–H and O–H groups in total. The van der Waals surface area contributed by atoms with Gasteiger partial charge < -0.3 is 9.64 Å². The predicted molar refractivity (Wildman–Crippen MR) is 112 cm³/mol. The van der Waals surface area contributed by atoms with Crippen molar-refractivity contribution in [1.29, 1.82) is 0 Å². The standard InChI is InChI=1S/C23H24ClNO3/c1-16-3-4-17(15-21(16)24)5-10-22(26)25-13-11-19(12-14-25)23(27)18-6-8-20(28-2)9-7-18/h3-10,15,19H,11-14H2,1-2H3/b10-5+. The maximum atomic E-state index is 12.7. The highest BCUT2D eigenvalue weighted by molar-refractivity contribution is 6.31. The van der Waals surface area contributed by atoms with Gasteiger partial charge in [-0.05, 0) is 67.3 Å². The molecule has 0 aromatic heterocycles. The van der Waals surface area contributed by atoms with Crippen LogP contribution in [0.4, 0.5) is 0 Å². The molecule has 2 aromatic rings. The summed E-state index contributed by atoms with van der Waals surface area (Å²) in [6, 6.07) is 12.9. The molecule has 5 heteroatoms. The Kier molecular flexibility index (Phi) is 6.53. The van der Waals surface area contributed by atoms with Crippen molar-refractivity contribution in [3.8, 4) is 5.75 Å². The zero-order valence-electron chi connectivity index (χ0n) is 16.2. The summed E-state index contributed by atoms with van der Waals surface area (Å²) in [5, 5.41) is 0.687. The van der Waals surface area contributed by atoms with E-state index >= 15 is 0 Å². The van der Waals surface area contributed by atoms with Gasteiger partial charge in [0.1, 0.15) is 5.75 Å². The number of aryl methyl sites for hydroxylation is 1. The molecular weight excluding hydrogens is 374 g/mol. The van der Waals surface area contributed by atoms with Gasteiger partial charge in [-0.1, -0.05) is 23.7 Å². The van der Waals surface area contributed by atoms with Crippen LogP contribution in [-0.4, -0.2) is 36.8 Å². The van der Waals surface area contributed by atoms with Gasteiger partial charge in [0, 0.05) is 35.7 Å². The van der Waals surface area contributed by atoms with Gasteiger partial charge in [-0.2, -0.15) is 0 Å². The summed E-state index contributed by atoms with van der Waals surface area (Å²) in [6.45, 7) is 3.12. The van der Waals surface area contributed by atoms with Crippen LogP contribution in [0.25, 0.3) is 6.08 Å². The topological polar surface area (TPSA) is 46.6 Å². The number of ether oxygens (including phenoxy) is 1. The van der Waals surface area contributed by atoms with Gasteiger partial charge in [-0.15, -0.1) is 0 Å². The zero-order valence-corrected chi connectivity index (χ0v) is 16.9. The first-order valence-corrected chi connectivity index (χ1v) is 9.77. The van der Waals surface area contributed by atoms with Crippen molar-refractivity contribution in [2.75, 3.05) is 20.2 Å². The van der Waals surface area contributed by atoms with Crippen molar-refractivity contribution in [3.05, 3.63) is 70.3 Å². The highest BCUT2D eigenvalue weighted by Crippen LogP contribution is 2.23. The molecule has 1 fully saturated rings. The Balaban J connectivity index is 1.55. The fraction of sp³-hybridized carbons (Fsp3) is 0.304. The number of ketones is 1. The number of hydrogen-bond acceptors (Lipinski definition) is 3. The molecule has 1 saturated heterocycles. The lowest BCUT2D eigenvalue weighted by atomic mass is 9.89. The van der Waals surface area contributed by atoms with Crippen LogP contribution in [0.3, 0.4) is 0 Å². The van der Waals surface area contributed by atoms with Gasteiger partial charge >= 0.3 is 0 Å². The second kappa shape index (κ2) is 9.07. The number of nitrogens with zero attached hydrogens (tertiary/aromatic N) is 1. The third-order valence-electron chi connectivity index (χ3n) is 5.17. The van der Waals surface area contributed by atoms with Crippen LogP contribution in [0.2, 0.25) is 5.02 Å². The summed E-state index contributed by atoms with van der Waals surface area (Å²) >= 11 is 6.12. The molecule has 0 bridgehead atoms. The SMILES string of the molecule is COc1ccc(C(=O)C2CCN(C(=O)/C=C/c3ccc(C)c(Cl)c3)CC2)cc1. The molecule has 1 amide bonds. The van der Waals surface area contributed by atoms with E-state index in [1.54, 1.807) is 48.4 Å². The Morgan fingerprint density at radius 1 is 1.11 bits per heavy atom. The quantitative estimate of drug-likeness (QED) is 0.538. The van der Waals surface area contributed by atoms with Crippen LogP contribution < -0.4 is 4.74 Å². The molecule has 0 unspecified atom stereocenters. The molecule has 0 atom stereocenters. The number of halogens is 1. The summed E-state index contributed by atoms with van der Waals surface area (Å²) in [4.78, 5) is 26.9. The van der Waals surface area contributed by atoms with Crippen molar-refractivity contribution in [2.45, 2.75) is 19.8 Å². The number of likely N-dealkylation sites (tertiary alicyclic amines) is 1. The van der Waals surface area contributed by atoms with Gasteiger partial charge in [0.2, 0.25) is 5.91 Å². The molecule has 3 rings (SSSR count). The largest absolute Gasteiger partial charge is 0.497 e. The number of carbonyl (C=O) groups is 2. The number of amides is 1. The van der Waals surface area contributed by atoms with Gasteiger partial charge in [0.05, 0.1) is 7.11 Å². The summed E-state index contributed by atoms with van der Waals surface area (Å²) in [5.74, 6) is 0.794. The maximum Gasteiger partial charge on any atom is 0.246 e. The lowest BCUT2D eigenvalue weighted by Crippen LogP contribution is -2.39. The van der Waals surface area contributed by atoms with Gasteiger partial charge in [0.25, 0.3) is 0 Å².